The average molecular weight is 247 g/mol. The van der Waals surface area contributed by atoms with Crippen LogP contribution >= 0.6 is 0 Å². The molecule has 1 aromatic carbocycles. The van der Waals surface area contributed by atoms with Gasteiger partial charge in [0.05, 0.1) is 7.11 Å². The minimum absolute atomic E-state index is 0.392. The number of methoxy groups -OCH3 is 1. The smallest absolute Gasteiger partial charge is 0.406 e. The molecule has 1 N–H and O–H groups in total. The lowest BCUT2D eigenvalue weighted by atomic mass is 10.2. The number of ether oxygens (including phenoxy) is 1. The van der Waals surface area contributed by atoms with Gasteiger partial charge in [0.15, 0.2) is 0 Å². The summed E-state index contributed by atoms with van der Waals surface area (Å²) in [4.78, 5) is 10.8. The van der Waals surface area contributed by atoms with Crippen molar-refractivity contribution in [2.45, 2.75) is 6.42 Å². The van der Waals surface area contributed by atoms with Crippen LogP contribution in [0, 0.1) is 0 Å². The predicted octanol–water partition coefficient (Wildman–Crippen LogP) is 1.64. The van der Waals surface area contributed by atoms with Gasteiger partial charge in [0.1, 0.15) is 0 Å². The summed E-state index contributed by atoms with van der Waals surface area (Å²) in [5.41, 5.74) is 0.872. The lowest BCUT2D eigenvalue weighted by Crippen LogP contribution is -2.25. The van der Waals surface area contributed by atoms with E-state index in [9.17, 15) is 4.79 Å². The molecule has 94 valence electrons. The monoisotopic (exact) mass is 247 g/mol. The SMILES string of the molecule is COC(=O)NCCc1nnc(-c2ccccc2)o1. The van der Waals surface area contributed by atoms with Gasteiger partial charge in [0, 0.05) is 18.5 Å². The largest absolute Gasteiger partial charge is 0.453 e. The van der Waals surface area contributed by atoms with Gasteiger partial charge in [0.25, 0.3) is 0 Å². The minimum atomic E-state index is -0.474. The highest BCUT2D eigenvalue weighted by Crippen LogP contribution is 2.16. The quantitative estimate of drug-likeness (QED) is 0.888. The number of nitrogens with zero attached hydrogens (tertiary/aromatic N) is 2. The first-order valence-electron chi connectivity index (χ1n) is 5.49. The number of hydrogen-bond acceptors (Lipinski definition) is 5. The second kappa shape index (κ2) is 5.81. The van der Waals surface area contributed by atoms with Gasteiger partial charge in [-0.05, 0) is 12.1 Å². The van der Waals surface area contributed by atoms with Crippen molar-refractivity contribution in [3.63, 3.8) is 0 Å². The molecule has 0 aliphatic rings. The number of nitrogens with one attached hydrogen (secondary N) is 1. The molecule has 6 heteroatoms. The van der Waals surface area contributed by atoms with Gasteiger partial charge in [-0.25, -0.2) is 4.79 Å². The predicted molar refractivity (Wildman–Crippen MR) is 63.8 cm³/mol. The fraction of sp³-hybridized carbons (Fsp3) is 0.250. The molecule has 1 aromatic heterocycles. The Labute approximate surface area is 104 Å². The molecule has 1 heterocycles. The molecule has 0 bridgehead atoms. The molecule has 0 fully saturated rings. The second-order valence-electron chi connectivity index (χ2n) is 3.54. The number of hydrogen-bond donors (Lipinski definition) is 1. The Balaban J connectivity index is 1.93. The van der Waals surface area contributed by atoms with Crippen molar-refractivity contribution < 1.29 is 13.9 Å². The maximum Gasteiger partial charge on any atom is 0.406 e. The van der Waals surface area contributed by atoms with E-state index in [1.54, 1.807) is 0 Å². The Bertz CT molecular complexity index is 510. The molecule has 0 unspecified atom stereocenters. The van der Waals surface area contributed by atoms with Crippen LogP contribution in [0.2, 0.25) is 0 Å². The number of amides is 1. The summed E-state index contributed by atoms with van der Waals surface area (Å²) in [6.07, 6.45) is -0.00706. The van der Waals surface area contributed by atoms with Gasteiger partial charge in [-0.1, -0.05) is 18.2 Å². The molecule has 2 aromatic rings. The van der Waals surface area contributed by atoms with Gasteiger partial charge in [-0.3, -0.25) is 0 Å². The van der Waals surface area contributed by atoms with E-state index in [0.717, 1.165) is 5.56 Å². The third-order valence-corrected chi connectivity index (χ3v) is 2.28. The van der Waals surface area contributed by atoms with Crippen LogP contribution in [0.1, 0.15) is 5.89 Å². The lowest BCUT2D eigenvalue weighted by Gasteiger charge is -1.99. The number of alkyl carbamates (subject to hydrolysis) is 1. The zero-order chi connectivity index (χ0) is 12.8. The summed E-state index contributed by atoms with van der Waals surface area (Å²) in [6, 6.07) is 9.51. The third kappa shape index (κ3) is 3.07. The first-order valence-corrected chi connectivity index (χ1v) is 5.49. The van der Waals surface area contributed by atoms with Gasteiger partial charge in [-0.2, -0.15) is 0 Å². The van der Waals surface area contributed by atoms with Gasteiger partial charge in [0.2, 0.25) is 11.8 Å². The van der Waals surface area contributed by atoms with Crippen molar-refractivity contribution in [3.8, 4) is 11.5 Å². The molecule has 0 radical (unpaired) electrons. The zero-order valence-corrected chi connectivity index (χ0v) is 9.92. The summed E-state index contributed by atoms with van der Waals surface area (Å²) < 4.78 is 9.92. The molecular formula is C12H13N3O3. The number of carbonyl (C=O) groups excluding carboxylic acids is 1. The standard InChI is InChI=1S/C12H13N3O3/c1-17-12(16)13-8-7-10-14-15-11(18-10)9-5-3-2-4-6-9/h2-6H,7-8H2,1H3,(H,13,16). The lowest BCUT2D eigenvalue weighted by molar-refractivity contribution is 0.171. The summed E-state index contributed by atoms with van der Waals surface area (Å²) in [5, 5.41) is 10.4. The van der Waals surface area contributed by atoms with Crippen LogP contribution in [0.4, 0.5) is 4.79 Å². The normalized spacial score (nSPS) is 10.1. The van der Waals surface area contributed by atoms with Crippen LogP contribution < -0.4 is 5.32 Å². The highest BCUT2D eigenvalue weighted by molar-refractivity contribution is 5.66. The van der Waals surface area contributed by atoms with Crippen LogP contribution in [0.15, 0.2) is 34.7 Å². The van der Waals surface area contributed by atoms with Gasteiger partial charge in [-0.15, -0.1) is 10.2 Å². The van der Waals surface area contributed by atoms with Crippen molar-refractivity contribution in [1.29, 1.82) is 0 Å². The maximum atomic E-state index is 10.8. The molecule has 0 saturated carbocycles. The fourth-order valence-electron chi connectivity index (χ4n) is 1.40. The van der Waals surface area contributed by atoms with Crippen LogP contribution in [0.25, 0.3) is 11.5 Å². The first kappa shape index (κ1) is 12.1. The van der Waals surface area contributed by atoms with Crippen molar-refractivity contribution >= 4 is 6.09 Å². The molecule has 0 atom stereocenters. The van der Waals surface area contributed by atoms with E-state index >= 15 is 0 Å². The Kier molecular flexibility index (Phi) is 3.90. The molecule has 0 spiro atoms. The Hall–Kier alpha value is -2.37. The molecule has 0 aliphatic carbocycles. The van der Waals surface area contributed by atoms with Crippen LogP contribution in [0.3, 0.4) is 0 Å². The highest BCUT2D eigenvalue weighted by Gasteiger charge is 2.08. The number of benzene rings is 1. The van der Waals surface area contributed by atoms with Crippen LogP contribution in [-0.4, -0.2) is 29.9 Å². The van der Waals surface area contributed by atoms with E-state index < -0.39 is 6.09 Å². The van der Waals surface area contributed by atoms with E-state index in [-0.39, 0.29) is 0 Å². The summed E-state index contributed by atoms with van der Waals surface area (Å²) >= 11 is 0. The van der Waals surface area contributed by atoms with E-state index in [1.807, 2.05) is 30.3 Å². The number of rotatable bonds is 4. The molecule has 2 rings (SSSR count). The number of aromatic nitrogens is 2. The summed E-state index contributed by atoms with van der Waals surface area (Å²) in [7, 11) is 1.32. The van der Waals surface area contributed by atoms with E-state index in [0.29, 0.717) is 24.7 Å². The zero-order valence-electron chi connectivity index (χ0n) is 9.92. The van der Waals surface area contributed by atoms with Crippen molar-refractivity contribution in [1.82, 2.24) is 15.5 Å². The van der Waals surface area contributed by atoms with Gasteiger partial charge >= 0.3 is 6.09 Å². The average Bonchev–Trinajstić information content (AvgIpc) is 2.88. The van der Waals surface area contributed by atoms with E-state index in [4.69, 9.17) is 4.42 Å². The summed E-state index contributed by atoms with van der Waals surface area (Å²) in [5.74, 6) is 0.953. The van der Waals surface area contributed by atoms with Crippen molar-refractivity contribution in [2.75, 3.05) is 13.7 Å². The van der Waals surface area contributed by atoms with Crippen LogP contribution in [0.5, 0.6) is 0 Å². The summed E-state index contributed by atoms with van der Waals surface area (Å²) in [6.45, 7) is 0.392. The minimum Gasteiger partial charge on any atom is -0.453 e. The molecule has 6 nitrogen and oxygen atoms in total. The topological polar surface area (TPSA) is 77.2 Å². The fourth-order valence-corrected chi connectivity index (χ4v) is 1.40. The Morgan fingerprint density at radius 3 is 2.83 bits per heavy atom. The molecular weight excluding hydrogens is 234 g/mol. The van der Waals surface area contributed by atoms with E-state index in [2.05, 4.69) is 20.3 Å². The first-order chi connectivity index (χ1) is 8.79. The molecule has 1 amide bonds. The maximum absolute atomic E-state index is 10.8. The Morgan fingerprint density at radius 1 is 1.33 bits per heavy atom. The molecule has 0 aliphatic heterocycles. The Morgan fingerprint density at radius 2 is 2.11 bits per heavy atom. The van der Waals surface area contributed by atoms with Gasteiger partial charge < -0.3 is 14.5 Å². The van der Waals surface area contributed by atoms with Crippen molar-refractivity contribution in [3.05, 3.63) is 36.2 Å². The second-order valence-corrected chi connectivity index (χ2v) is 3.54. The molecule has 18 heavy (non-hydrogen) atoms. The van der Waals surface area contributed by atoms with Crippen LogP contribution in [-0.2, 0) is 11.2 Å². The number of carbonyl (C=O) groups is 1. The highest BCUT2D eigenvalue weighted by atomic mass is 16.5. The molecule has 0 saturated heterocycles. The third-order valence-electron chi connectivity index (χ3n) is 2.28. The van der Waals surface area contributed by atoms with Crippen molar-refractivity contribution in [2.24, 2.45) is 0 Å². The van der Waals surface area contributed by atoms with E-state index in [1.165, 1.54) is 7.11 Å².